The first-order valence-corrected chi connectivity index (χ1v) is 4.96. The topological polar surface area (TPSA) is 33.5 Å². The lowest BCUT2D eigenvalue weighted by atomic mass is 9.85. The number of rotatable bonds is 1. The molecule has 0 saturated heterocycles. The molecule has 3 nitrogen and oxygen atoms in total. The van der Waals surface area contributed by atoms with Crippen molar-refractivity contribution in [3.05, 3.63) is 23.7 Å². The van der Waals surface area contributed by atoms with Crippen molar-refractivity contribution in [3.8, 4) is 0 Å². The van der Waals surface area contributed by atoms with E-state index in [1.165, 1.54) is 5.56 Å². The van der Waals surface area contributed by atoms with Gasteiger partial charge in [0.25, 0.3) is 0 Å². The molecule has 1 aromatic heterocycles. The highest BCUT2D eigenvalue weighted by atomic mass is 16.3. The standard InChI is InChI=1S/C11H15NO2/c1-12(2)11(13)9-5-3-4-8-6-14-7-10(8)9/h6-7,9H,3-5H2,1-2H3. The predicted molar refractivity (Wildman–Crippen MR) is 53.1 cm³/mol. The number of furan rings is 1. The number of likely N-dealkylation sites (N-methyl/N-ethyl adjacent to an activating group) is 1. The molecule has 1 heterocycles. The van der Waals surface area contributed by atoms with E-state index in [1.54, 1.807) is 31.5 Å². The second kappa shape index (κ2) is 3.48. The molecule has 1 aliphatic rings. The fourth-order valence-corrected chi connectivity index (χ4v) is 2.06. The van der Waals surface area contributed by atoms with Crippen LogP contribution in [0.15, 0.2) is 16.9 Å². The van der Waals surface area contributed by atoms with E-state index in [9.17, 15) is 4.79 Å². The summed E-state index contributed by atoms with van der Waals surface area (Å²) in [5, 5.41) is 0. The van der Waals surface area contributed by atoms with Crippen molar-refractivity contribution in [1.29, 1.82) is 0 Å². The van der Waals surface area contributed by atoms with E-state index < -0.39 is 0 Å². The minimum absolute atomic E-state index is 0.0208. The number of carbonyl (C=O) groups excluding carboxylic acids is 1. The maximum absolute atomic E-state index is 11.8. The third-order valence-electron chi connectivity index (χ3n) is 2.83. The minimum Gasteiger partial charge on any atom is -0.472 e. The van der Waals surface area contributed by atoms with E-state index in [-0.39, 0.29) is 11.8 Å². The number of hydrogen-bond donors (Lipinski definition) is 0. The van der Waals surface area contributed by atoms with Gasteiger partial charge in [0.1, 0.15) is 0 Å². The molecule has 0 radical (unpaired) electrons. The van der Waals surface area contributed by atoms with Crippen molar-refractivity contribution in [1.82, 2.24) is 4.90 Å². The van der Waals surface area contributed by atoms with Crippen LogP contribution in [0.4, 0.5) is 0 Å². The fourth-order valence-electron chi connectivity index (χ4n) is 2.06. The molecule has 14 heavy (non-hydrogen) atoms. The van der Waals surface area contributed by atoms with E-state index in [4.69, 9.17) is 4.42 Å². The van der Waals surface area contributed by atoms with Gasteiger partial charge in [0, 0.05) is 19.7 Å². The number of carbonyl (C=O) groups is 1. The summed E-state index contributed by atoms with van der Waals surface area (Å²) in [7, 11) is 3.60. The number of fused-ring (bicyclic) bond motifs is 1. The molecule has 0 spiro atoms. The van der Waals surface area contributed by atoms with Crippen molar-refractivity contribution in [2.45, 2.75) is 25.2 Å². The highest BCUT2D eigenvalue weighted by molar-refractivity contribution is 5.83. The first-order valence-electron chi connectivity index (χ1n) is 4.96. The number of nitrogens with zero attached hydrogens (tertiary/aromatic N) is 1. The third kappa shape index (κ3) is 1.43. The number of hydrogen-bond acceptors (Lipinski definition) is 2. The van der Waals surface area contributed by atoms with Crippen molar-refractivity contribution in [2.24, 2.45) is 0 Å². The molecule has 1 amide bonds. The van der Waals surface area contributed by atoms with Gasteiger partial charge in [0.2, 0.25) is 5.91 Å². The van der Waals surface area contributed by atoms with Gasteiger partial charge < -0.3 is 9.32 Å². The molecule has 0 bridgehead atoms. The van der Waals surface area contributed by atoms with Crippen LogP contribution in [0.1, 0.15) is 29.9 Å². The average Bonchev–Trinajstić information content (AvgIpc) is 2.63. The van der Waals surface area contributed by atoms with E-state index in [0.29, 0.717) is 0 Å². The Hall–Kier alpha value is -1.25. The van der Waals surface area contributed by atoms with Crippen LogP contribution in [0.25, 0.3) is 0 Å². The van der Waals surface area contributed by atoms with Gasteiger partial charge in [-0.3, -0.25) is 4.79 Å². The minimum atomic E-state index is 0.0208. The van der Waals surface area contributed by atoms with E-state index >= 15 is 0 Å². The Bertz CT molecular complexity index is 341. The van der Waals surface area contributed by atoms with Gasteiger partial charge in [-0.15, -0.1) is 0 Å². The molecule has 0 aromatic carbocycles. The Morgan fingerprint density at radius 3 is 3.00 bits per heavy atom. The monoisotopic (exact) mass is 193 g/mol. The first-order chi connectivity index (χ1) is 6.70. The molecule has 1 unspecified atom stereocenters. The Kier molecular flexibility index (Phi) is 2.32. The molecule has 3 heteroatoms. The Morgan fingerprint density at radius 2 is 2.29 bits per heavy atom. The fraction of sp³-hybridized carbons (Fsp3) is 0.545. The van der Waals surface area contributed by atoms with Gasteiger partial charge in [-0.1, -0.05) is 0 Å². The highest BCUT2D eigenvalue weighted by Gasteiger charge is 2.28. The van der Waals surface area contributed by atoms with Gasteiger partial charge in [0.15, 0.2) is 0 Å². The summed E-state index contributed by atoms with van der Waals surface area (Å²) < 4.78 is 5.16. The average molecular weight is 193 g/mol. The molecule has 76 valence electrons. The van der Waals surface area contributed by atoms with Crippen LogP contribution >= 0.6 is 0 Å². The van der Waals surface area contributed by atoms with Gasteiger partial charge in [-0.05, 0) is 24.8 Å². The van der Waals surface area contributed by atoms with Crippen molar-refractivity contribution in [3.63, 3.8) is 0 Å². The molecule has 0 saturated carbocycles. The molecule has 0 N–H and O–H groups in total. The quantitative estimate of drug-likeness (QED) is 0.681. The summed E-state index contributed by atoms with van der Waals surface area (Å²) in [4.78, 5) is 13.5. The lowest BCUT2D eigenvalue weighted by Gasteiger charge is -2.23. The maximum Gasteiger partial charge on any atom is 0.229 e. The molecule has 0 aliphatic heterocycles. The zero-order valence-electron chi connectivity index (χ0n) is 8.62. The summed E-state index contributed by atoms with van der Waals surface area (Å²) in [5.74, 6) is 0.208. The first kappa shape index (κ1) is 9.31. The normalized spacial score (nSPS) is 20.3. The van der Waals surface area contributed by atoms with Gasteiger partial charge in [0.05, 0.1) is 18.4 Å². The Balaban J connectivity index is 2.28. The van der Waals surface area contributed by atoms with E-state index in [2.05, 4.69) is 0 Å². The second-order valence-electron chi connectivity index (χ2n) is 4.03. The predicted octanol–water partition coefficient (Wildman–Crippen LogP) is 1.79. The summed E-state index contributed by atoms with van der Waals surface area (Å²) >= 11 is 0. The van der Waals surface area contributed by atoms with Crippen LogP contribution in [0, 0.1) is 0 Å². The zero-order valence-corrected chi connectivity index (χ0v) is 8.62. The molecule has 1 aromatic rings. The van der Waals surface area contributed by atoms with Crippen LogP contribution in [0.5, 0.6) is 0 Å². The molecule has 0 fully saturated rings. The van der Waals surface area contributed by atoms with Crippen LogP contribution < -0.4 is 0 Å². The zero-order chi connectivity index (χ0) is 10.1. The van der Waals surface area contributed by atoms with E-state index in [0.717, 1.165) is 24.8 Å². The van der Waals surface area contributed by atoms with Crippen molar-refractivity contribution in [2.75, 3.05) is 14.1 Å². The van der Waals surface area contributed by atoms with Crippen LogP contribution in [0.3, 0.4) is 0 Å². The Morgan fingerprint density at radius 1 is 1.50 bits per heavy atom. The Labute approximate surface area is 83.7 Å². The van der Waals surface area contributed by atoms with Gasteiger partial charge in [-0.2, -0.15) is 0 Å². The molecule has 1 aliphatic carbocycles. The molecule has 2 rings (SSSR count). The third-order valence-corrected chi connectivity index (χ3v) is 2.83. The number of amides is 1. The number of aryl methyl sites for hydroxylation is 1. The van der Waals surface area contributed by atoms with Crippen LogP contribution in [0.2, 0.25) is 0 Å². The maximum atomic E-state index is 11.8. The van der Waals surface area contributed by atoms with Crippen LogP contribution in [-0.2, 0) is 11.2 Å². The van der Waals surface area contributed by atoms with Crippen LogP contribution in [-0.4, -0.2) is 24.9 Å². The lowest BCUT2D eigenvalue weighted by molar-refractivity contribution is -0.130. The highest BCUT2D eigenvalue weighted by Crippen LogP contribution is 2.33. The molecular weight excluding hydrogens is 178 g/mol. The molecule has 1 atom stereocenters. The van der Waals surface area contributed by atoms with Gasteiger partial charge >= 0.3 is 0 Å². The van der Waals surface area contributed by atoms with Crippen molar-refractivity contribution >= 4 is 5.91 Å². The largest absolute Gasteiger partial charge is 0.472 e. The summed E-state index contributed by atoms with van der Waals surface area (Å²) in [6.45, 7) is 0. The van der Waals surface area contributed by atoms with E-state index in [1.807, 2.05) is 0 Å². The van der Waals surface area contributed by atoms with Crippen molar-refractivity contribution < 1.29 is 9.21 Å². The summed E-state index contributed by atoms with van der Waals surface area (Å²) in [6, 6.07) is 0. The smallest absolute Gasteiger partial charge is 0.229 e. The SMILES string of the molecule is CN(C)C(=O)C1CCCc2cocc21. The lowest BCUT2D eigenvalue weighted by Crippen LogP contribution is -2.29. The second-order valence-corrected chi connectivity index (χ2v) is 4.03. The molecular formula is C11H15NO2. The summed E-state index contributed by atoms with van der Waals surface area (Å²) in [5.41, 5.74) is 2.30. The summed E-state index contributed by atoms with van der Waals surface area (Å²) in [6.07, 6.45) is 6.56. The van der Waals surface area contributed by atoms with Gasteiger partial charge in [-0.25, -0.2) is 0 Å².